The molecular formula is C15H15N9O2. The van der Waals surface area contributed by atoms with Gasteiger partial charge in [0.15, 0.2) is 5.82 Å². The number of nitrogens with one attached hydrogen (secondary N) is 1. The number of aromatic amines is 1. The van der Waals surface area contributed by atoms with Crippen LogP contribution in [0.2, 0.25) is 0 Å². The summed E-state index contributed by atoms with van der Waals surface area (Å²) < 4.78 is 1.56. The topological polar surface area (TPSA) is 126 Å². The highest BCUT2D eigenvalue weighted by molar-refractivity contribution is 5.92. The van der Waals surface area contributed by atoms with Crippen LogP contribution in [0.15, 0.2) is 42.0 Å². The lowest BCUT2D eigenvalue weighted by atomic mass is 10.2. The van der Waals surface area contributed by atoms with Crippen LogP contribution in [0.1, 0.15) is 10.5 Å². The fraction of sp³-hybridized carbons (Fsp3) is 0.267. The second-order valence-corrected chi connectivity index (χ2v) is 5.66. The van der Waals surface area contributed by atoms with E-state index in [9.17, 15) is 9.59 Å². The summed E-state index contributed by atoms with van der Waals surface area (Å²) >= 11 is 0. The lowest BCUT2D eigenvalue weighted by Gasteiger charge is -2.35. The van der Waals surface area contributed by atoms with E-state index in [4.69, 9.17) is 0 Å². The van der Waals surface area contributed by atoms with E-state index in [2.05, 4.69) is 35.1 Å². The van der Waals surface area contributed by atoms with Crippen molar-refractivity contribution in [1.29, 1.82) is 0 Å². The number of aromatic nitrogens is 7. The van der Waals surface area contributed by atoms with E-state index in [0.717, 1.165) is 5.82 Å². The lowest BCUT2D eigenvalue weighted by molar-refractivity contribution is 0.0739. The molecule has 0 atom stereocenters. The molecule has 0 unspecified atom stereocenters. The Bertz CT molecular complexity index is 941. The van der Waals surface area contributed by atoms with E-state index in [1.807, 2.05) is 6.07 Å². The van der Waals surface area contributed by atoms with Crippen molar-refractivity contribution in [3.05, 3.63) is 53.2 Å². The summed E-state index contributed by atoms with van der Waals surface area (Å²) in [6.07, 6.45) is 4.49. The van der Waals surface area contributed by atoms with Crippen molar-refractivity contribution in [2.75, 3.05) is 31.1 Å². The number of hydrogen-bond donors (Lipinski definition) is 1. The molecule has 1 aliphatic heterocycles. The van der Waals surface area contributed by atoms with Gasteiger partial charge in [-0.2, -0.15) is 10.2 Å². The van der Waals surface area contributed by atoms with Crippen LogP contribution in [-0.4, -0.2) is 71.9 Å². The molecule has 0 aliphatic carbocycles. The molecule has 3 aromatic rings. The minimum Gasteiger partial charge on any atom is -0.353 e. The van der Waals surface area contributed by atoms with E-state index in [0.29, 0.717) is 32.0 Å². The van der Waals surface area contributed by atoms with Gasteiger partial charge in [-0.3, -0.25) is 9.59 Å². The zero-order chi connectivity index (χ0) is 17.9. The molecule has 11 nitrogen and oxygen atoms in total. The summed E-state index contributed by atoms with van der Waals surface area (Å²) in [5.41, 5.74) is -0.105. The second kappa shape index (κ2) is 6.70. The molecule has 0 saturated carbocycles. The number of carbonyl (C=O) groups is 1. The quantitative estimate of drug-likeness (QED) is 0.642. The maximum absolute atomic E-state index is 12.4. The first-order chi connectivity index (χ1) is 12.7. The molecule has 1 saturated heterocycles. The molecule has 4 heterocycles. The molecule has 3 aromatic heterocycles. The van der Waals surface area contributed by atoms with E-state index >= 15 is 0 Å². The number of nitrogens with zero attached hydrogens (tertiary/aromatic N) is 8. The second-order valence-electron chi connectivity index (χ2n) is 5.66. The summed E-state index contributed by atoms with van der Waals surface area (Å²) in [5, 5.41) is 10.1. The minimum absolute atomic E-state index is 0.202. The molecule has 0 bridgehead atoms. The molecule has 1 aliphatic rings. The number of amides is 1. The van der Waals surface area contributed by atoms with Gasteiger partial charge < -0.3 is 9.80 Å². The molecular weight excluding hydrogens is 338 g/mol. The smallest absolute Gasteiger partial charge is 0.274 e. The van der Waals surface area contributed by atoms with Crippen LogP contribution in [0, 0.1) is 0 Å². The van der Waals surface area contributed by atoms with Crippen molar-refractivity contribution in [2.45, 2.75) is 0 Å². The molecule has 26 heavy (non-hydrogen) atoms. The number of hydrogen-bond acceptors (Lipinski definition) is 8. The van der Waals surface area contributed by atoms with Gasteiger partial charge in [0, 0.05) is 38.3 Å². The van der Waals surface area contributed by atoms with Crippen molar-refractivity contribution < 1.29 is 4.79 Å². The van der Waals surface area contributed by atoms with Gasteiger partial charge >= 0.3 is 0 Å². The Morgan fingerprint density at radius 3 is 2.54 bits per heavy atom. The Morgan fingerprint density at radius 2 is 1.85 bits per heavy atom. The maximum atomic E-state index is 12.4. The molecule has 0 radical (unpaired) electrons. The zero-order valence-electron chi connectivity index (χ0n) is 13.7. The van der Waals surface area contributed by atoms with Crippen molar-refractivity contribution >= 4 is 11.7 Å². The summed E-state index contributed by atoms with van der Waals surface area (Å²) in [6.45, 7) is 2.32. The molecule has 11 heteroatoms. The molecule has 0 spiro atoms. The minimum atomic E-state index is -0.335. The Hall–Kier alpha value is -3.63. The summed E-state index contributed by atoms with van der Waals surface area (Å²) in [6, 6.07) is 4.56. The first-order valence-corrected chi connectivity index (χ1v) is 7.98. The van der Waals surface area contributed by atoms with Gasteiger partial charge in [0.05, 0.1) is 0 Å². The largest absolute Gasteiger partial charge is 0.353 e. The van der Waals surface area contributed by atoms with Crippen molar-refractivity contribution in [1.82, 2.24) is 39.8 Å². The third-order valence-corrected chi connectivity index (χ3v) is 4.08. The fourth-order valence-corrected chi connectivity index (χ4v) is 2.73. The molecule has 1 N–H and O–H groups in total. The van der Waals surface area contributed by atoms with E-state index in [1.54, 1.807) is 15.9 Å². The van der Waals surface area contributed by atoms with E-state index in [1.165, 1.54) is 24.8 Å². The predicted octanol–water partition coefficient (Wildman–Crippen LogP) is -0.897. The van der Waals surface area contributed by atoms with Crippen molar-refractivity contribution in [2.24, 2.45) is 0 Å². The van der Waals surface area contributed by atoms with E-state index < -0.39 is 0 Å². The van der Waals surface area contributed by atoms with Crippen LogP contribution in [0.5, 0.6) is 0 Å². The van der Waals surface area contributed by atoms with Crippen LogP contribution in [0.3, 0.4) is 0 Å². The van der Waals surface area contributed by atoms with Crippen molar-refractivity contribution in [3.8, 4) is 5.82 Å². The van der Waals surface area contributed by atoms with Crippen LogP contribution >= 0.6 is 0 Å². The van der Waals surface area contributed by atoms with Crippen LogP contribution in [-0.2, 0) is 0 Å². The third kappa shape index (κ3) is 3.14. The fourth-order valence-electron chi connectivity index (χ4n) is 2.73. The van der Waals surface area contributed by atoms with Gasteiger partial charge in [0.25, 0.3) is 11.5 Å². The van der Waals surface area contributed by atoms with Gasteiger partial charge in [-0.1, -0.05) is 0 Å². The highest BCUT2D eigenvalue weighted by atomic mass is 16.2. The SMILES string of the molecule is O=C(c1ccc(=O)[nH]n1)N1CCN(c2cc(-n3cncn3)ncn2)CC1. The summed E-state index contributed by atoms with van der Waals surface area (Å²) in [5.74, 6) is 1.19. The number of carbonyl (C=O) groups excluding carboxylic acids is 1. The average Bonchev–Trinajstić information content (AvgIpc) is 3.23. The number of anilines is 1. The third-order valence-electron chi connectivity index (χ3n) is 4.08. The Morgan fingerprint density at radius 1 is 1.04 bits per heavy atom. The molecule has 4 rings (SSSR count). The Labute approximate surface area is 147 Å². The van der Waals surface area contributed by atoms with E-state index in [-0.39, 0.29) is 17.2 Å². The van der Waals surface area contributed by atoms with Gasteiger partial charge in [-0.05, 0) is 6.07 Å². The normalized spacial score (nSPS) is 14.5. The Kier molecular flexibility index (Phi) is 4.09. The first-order valence-electron chi connectivity index (χ1n) is 7.98. The van der Waals surface area contributed by atoms with Gasteiger partial charge in [-0.15, -0.1) is 0 Å². The molecule has 1 amide bonds. The summed E-state index contributed by atoms with van der Waals surface area (Å²) in [4.78, 5) is 39.7. The molecule has 1 fully saturated rings. The van der Waals surface area contributed by atoms with Gasteiger partial charge in [0.1, 0.15) is 30.5 Å². The molecule has 0 aromatic carbocycles. The predicted molar refractivity (Wildman–Crippen MR) is 89.9 cm³/mol. The average molecular weight is 353 g/mol. The van der Waals surface area contributed by atoms with Crippen molar-refractivity contribution in [3.63, 3.8) is 0 Å². The summed E-state index contributed by atoms with van der Waals surface area (Å²) in [7, 11) is 0. The van der Waals surface area contributed by atoms with Gasteiger partial charge in [0.2, 0.25) is 0 Å². The van der Waals surface area contributed by atoms with Crippen LogP contribution in [0.4, 0.5) is 5.82 Å². The first kappa shape index (κ1) is 15.9. The number of H-pyrrole nitrogens is 1. The van der Waals surface area contributed by atoms with Crippen LogP contribution in [0.25, 0.3) is 5.82 Å². The maximum Gasteiger partial charge on any atom is 0.274 e. The highest BCUT2D eigenvalue weighted by Gasteiger charge is 2.24. The Balaban J connectivity index is 1.44. The molecule has 132 valence electrons. The number of rotatable bonds is 3. The number of piperazine rings is 1. The highest BCUT2D eigenvalue weighted by Crippen LogP contribution is 2.16. The lowest BCUT2D eigenvalue weighted by Crippen LogP contribution is -2.49. The monoisotopic (exact) mass is 353 g/mol. The van der Waals surface area contributed by atoms with Gasteiger partial charge in [-0.25, -0.2) is 24.7 Å². The van der Waals surface area contributed by atoms with Crippen LogP contribution < -0.4 is 10.5 Å². The standard InChI is InChI=1S/C15H15N9O2/c25-14-2-1-11(20-21-14)15(26)23-5-3-22(4-6-23)12-7-13(18-9-17-12)24-10-16-8-19-24/h1-2,7-10H,3-6H2,(H,21,25). The zero-order valence-corrected chi connectivity index (χ0v) is 13.7.